The van der Waals surface area contributed by atoms with E-state index in [0.717, 1.165) is 52.7 Å². The summed E-state index contributed by atoms with van der Waals surface area (Å²) < 4.78 is 32.0. The third-order valence-electron chi connectivity index (χ3n) is 7.68. The Balaban J connectivity index is 2.24. The third-order valence-corrected chi connectivity index (χ3v) is 8.48. The number of benzene rings is 1. The average molecular weight is 631 g/mol. The van der Waals surface area contributed by atoms with Gasteiger partial charge in [0.25, 0.3) is 0 Å². The van der Waals surface area contributed by atoms with Crippen LogP contribution in [0.25, 0.3) is 0 Å². The summed E-state index contributed by atoms with van der Waals surface area (Å²) in [4.78, 5) is 26.5. The van der Waals surface area contributed by atoms with Crippen LogP contribution in [0.2, 0.25) is 0 Å². The van der Waals surface area contributed by atoms with Gasteiger partial charge in [-0.2, -0.15) is 0 Å². The minimum Gasteiger partial charge on any atom is -0.493 e. The predicted molar refractivity (Wildman–Crippen MR) is 182 cm³/mol. The van der Waals surface area contributed by atoms with Gasteiger partial charge in [0, 0.05) is 51.5 Å². The van der Waals surface area contributed by atoms with Crippen molar-refractivity contribution in [3.63, 3.8) is 0 Å². The third kappa shape index (κ3) is 10.7. The summed E-state index contributed by atoms with van der Waals surface area (Å²) in [6.07, 6.45) is 7.08. The van der Waals surface area contributed by atoms with Crippen molar-refractivity contribution in [1.29, 1.82) is 0 Å². The average Bonchev–Trinajstić information content (AvgIpc) is 3.31. The molecule has 1 aliphatic rings. The first-order chi connectivity index (χ1) is 20.9. The maximum absolute atomic E-state index is 14.1. The zero-order chi connectivity index (χ0) is 32.9. The molecule has 1 aromatic carbocycles. The topological polar surface area (TPSA) is 71.5 Å². The van der Waals surface area contributed by atoms with Crippen LogP contribution in [0.15, 0.2) is 76.9 Å². The molecule has 1 aliphatic heterocycles. The zero-order valence-corrected chi connectivity index (χ0v) is 28.9. The Morgan fingerprint density at radius 3 is 2.52 bits per heavy atom. The van der Waals surface area contributed by atoms with Crippen LogP contribution in [0.3, 0.4) is 0 Å². The number of ether oxygens (including phenoxy) is 3. The van der Waals surface area contributed by atoms with E-state index >= 15 is 0 Å². The summed E-state index contributed by atoms with van der Waals surface area (Å²) in [5.41, 5.74) is 4.50. The molecule has 2 atom stereocenters. The fraction of sp³-hybridized carbons (Fsp3) is 0.514. The molecule has 0 spiro atoms. The number of rotatable bonds is 18. The van der Waals surface area contributed by atoms with E-state index in [1.54, 1.807) is 17.9 Å². The van der Waals surface area contributed by atoms with Gasteiger partial charge in [0.2, 0.25) is 0 Å². The summed E-state index contributed by atoms with van der Waals surface area (Å²) in [5.74, 6) is 0.344. The Hall–Kier alpha value is -2.77. The molecule has 2 rings (SSSR count). The van der Waals surface area contributed by atoms with E-state index in [1.165, 1.54) is 6.08 Å². The first-order valence-electron chi connectivity index (χ1n) is 15.4. The maximum atomic E-state index is 14.1. The lowest BCUT2D eigenvalue weighted by atomic mass is 9.93. The number of cyclic esters (lactones) is 1. The molecule has 1 heterocycles. The van der Waals surface area contributed by atoms with Gasteiger partial charge < -0.3 is 24.0 Å². The highest BCUT2D eigenvalue weighted by atomic mass is 31.1. The van der Waals surface area contributed by atoms with Crippen LogP contribution in [-0.4, -0.2) is 68.0 Å². The smallest absolute Gasteiger partial charge is 0.415 e. The number of carbonyl (C=O) groups is 1. The highest BCUT2D eigenvalue weighted by Gasteiger charge is 2.45. The van der Waals surface area contributed by atoms with E-state index < -0.39 is 5.60 Å². The van der Waals surface area contributed by atoms with Crippen LogP contribution in [-0.2, 0) is 14.2 Å². The van der Waals surface area contributed by atoms with Crippen LogP contribution in [0, 0.1) is 6.92 Å². The Morgan fingerprint density at radius 2 is 1.93 bits per heavy atom. The number of likely N-dealkylation sites (N-methyl/N-ethyl adjacent to an activating group) is 1. The fourth-order valence-electron chi connectivity index (χ4n) is 5.37. The summed E-state index contributed by atoms with van der Waals surface area (Å²) in [6.45, 7) is 20.5. The molecule has 7 nitrogen and oxygen atoms in total. The number of aryl methyl sites for hydroxylation is 1. The van der Waals surface area contributed by atoms with Gasteiger partial charge >= 0.3 is 6.09 Å². The number of allylic oxidation sites excluding steroid dienone is 5. The SMILES string of the molecule is C=C\C(F)=C(C)/C=C(C)/C(COCC)=C(/C=C(\C)CN(C)CCC1(CCC)CN(c2ccc(PO)c(C)c2)C(=O)O1)OCC. The van der Waals surface area contributed by atoms with Crippen LogP contribution in [0.4, 0.5) is 14.9 Å². The zero-order valence-electron chi connectivity index (χ0n) is 27.9. The number of amides is 1. The number of hydrogen-bond acceptors (Lipinski definition) is 6. The quantitative estimate of drug-likeness (QED) is 0.102. The molecule has 44 heavy (non-hydrogen) atoms. The number of nitrogens with zero attached hydrogens (tertiary/aromatic N) is 2. The van der Waals surface area contributed by atoms with E-state index in [2.05, 4.69) is 32.4 Å². The standard InChI is InChI=1S/C35H52FN2O5P/c1-10-16-35(24-38(34(39)43-35)29-14-15-33(44-40)28(8)21-29)17-18-37(9)22-25(5)19-32(42-13-4)30(23-41-12-3)26(6)20-27(7)31(36)11-2/h11,14-15,19-21,40,44H,2,10,12-13,16-18,22-24H2,1,3-9H3/b25-19+,26-20+,31-27+,32-30-. The van der Waals surface area contributed by atoms with Gasteiger partial charge in [0.15, 0.2) is 0 Å². The minimum atomic E-state index is -0.571. The van der Waals surface area contributed by atoms with Crippen molar-refractivity contribution in [3.8, 4) is 0 Å². The number of carbonyl (C=O) groups excluding carboxylic acids is 1. The summed E-state index contributed by atoms with van der Waals surface area (Å²) >= 11 is 0. The minimum absolute atomic E-state index is 0.278. The van der Waals surface area contributed by atoms with E-state index in [9.17, 15) is 14.1 Å². The molecule has 0 aliphatic carbocycles. The van der Waals surface area contributed by atoms with Crippen molar-refractivity contribution < 1.29 is 28.3 Å². The van der Waals surface area contributed by atoms with Gasteiger partial charge in [-0.05, 0) is 96.0 Å². The Kier molecular flexibility index (Phi) is 15.5. The number of hydrogen-bond donors (Lipinski definition) is 1. The molecule has 9 heteroatoms. The van der Waals surface area contributed by atoms with Crippen LogP contribution in [0.1, 0.15) is 66.4 Å². The van der Waals surface area contributed by atoms with Gasteiger partial charge in [-0.3, -0.25) is 4.90 Å². The Bertz CT molecular complexity index is 1270. The lowest BCUT2D eigenvalue weighted by molar-refractivity contribution is 0.0352. The van der Waals surface area contributed by atoms with Crippen LogP contribution < -0.4 is 10.2 Å². The van der Waals surface area contributed by atoms with E-state index in [1.807, 2.05) is 52.0 Å². The number of anilines is 1. The van der Waals surface area contributed by atoms with Crippen molar-refractivity contribution in [3.05, 3.63) is 82.4 Å². The van der Waals surface area contributed by atoms with E-state index in [-0.39, 0.29) is 20.7 Å². The van der Waals surface area contributed by atoms with Crippen molar-refractivity contribution >= 4 is 25.9 Å². The van der Waals surface area contributed by atoms with Gasteiger partial charge in [-0.25, -0.2) is 9.18 Å². The van der Waals surface area contributed by atoms with Gasteiger partial charge in [-0.15, -0.1) is 0 Å². The molecule has 2 unspecified atom stereocenters. The second-order valence-electron chi connectivity index (χ2n) is 11.5. The normalized spacial score (nSPS) is 19.1. The summed E-state index contributed by atoms with van der Waals surface area (Å²) in [5, 5.41) is 0.873. The van der Waals surface area contributed by atoms with E-state index in [4.69, 9.17) is 14.2 Å². The lowest BCUT2D eigenvalue weighted by Gasteiger charge is -2.29. The monoisotopic (exact) mass is 630 g/mol. The Labute approximate surface area is 266 Å². The molecule has 1 saturated heterocycles. The molecule has 1 N–H and O–H groups in total. The first kappa shape index (κ1) is 37.4. The molecule has 244 valence electrons. The first-order valence-corrected chi connectivity index (χ1v) is 16.4. The van der Waals surface area contributed by atoms with Crippen molar-refractivity contribution in [1.82, 2.24) is 4.90 Å². The molecular formula is C35H52FN2O5P. The van der Waals surface area contributed by atoms with Crippen LogP contribution in [0.5, 0.6) is 0 Å². The van der Waals surface area contributed by atoms with Crippen LogP contribution >= 0.6 is 8.81 Å². The predicted octanol–water partition coefficient (Wildman–Crippen LogP) is 7.67. The lowest BCUT2D eigenvalue weighted by Crippen LogP contribution is -2.38. The fourth-order valence-corrected chi connectivity index (χ4v) is 5.78. The van der Waals surface area contributed by atoms with Gasteiger partial charge in [-0.1, -0.05) is 37.6 Å². The summed E-state index contributed by atoms with van der Waals surface area (Å²) in [7, 11) is 1.78. The second kappa shape index (κ2) is 18.3. The van der Waals surface area contributed by atoms with E-state index in [0.29, 0.717) is 50.7 Å². The molecule has 0 radical (unpaired) electrons. The largest absolute Gasteiger partial charge is 0.493 e. The molecule has 1 aromatic rings. The molecule has 1 fully saturated rings. The van der Waals surface area contributed by atoms with Crippen molar-refractivity contribution in [2.75, 3.05) is 51.4 Å². The van der Waals surface area contributed by atoms with Gasteiger partial charge in [0.05, 0.1) is 19.8 Å². The highest BCUT2D eigenvalue weighted by molar-refractivity contribution is 7.41. The highest BCUT2D eigenvalue weighted by Crippen LogP contribution is 2.35. The number of halogens is 1. The van der Waals surface area contributed by atoms with Crippen molar-refractivity contribution in [2.45, 2.75) is 73.3 Å². The molecule has 0 aromatic heterocycles. The molecular weight excluding hydrogens is 578 g/mol. The summed E-state index contributed by atoms with van der Waals surface area (Å²) in [6, 6.07) is 5.69. The maximum Gasteiger partial charge on any atom is 0.415 e. The molecule has 0 saturated carbocycles. The second-order valence-corrected chi connectivity index (χ2v) is 12.2. The molecule has 1 amide bonds. The molecule has 0 bridgehead atoms. The van der Waals surface area contributed by atoms with Crippen molar-refractivity contribution in [2.24, 2.45) is 0 Å². The Morgan fingerprint density at radius 1 is 1.20 bits per heavy atom. The van der Waals surface area contributed by atoms with Gasteiger partial charge in [0.1, 0.15) is 17.2 Å².